The number of thiophene rings is 2. The molecule has 0 fully saturated rings. The first kappa shape index (κ1) is 35.3. The predicted octanol–water partition coefficient (Wildman–Crippen LogP) is 2.39. The van der Waals surface area contributed by atoms with E-state index in [9.17, 15) is 36.0 Å². The Bertz CT molecular complexity index is 1440. The van der Waals surface area contributed by atoms with Gasteiger partial charge in [-0.2, -0.15) is 0 Å². The molecule has 0 saturated carbocycles. The van der Waals surface area contributed by atoms with Crippen LogP contribution in [0, 0.1) is 13.8 Å². The van der Waals surface area contributed by atoms with Gasteiger partial charge in [-0.15, -0.1) is 22.7 Å². The first-order valence-corrected chi connectivity index (χ1v) is 16.9. The number of sulfonamides is 2. The first-order chi connectivity index (χ1) is 19.7. The van der Waals surface area contributed by atoms with Gasteiger partial charge in [-0.1, -0.05) is 12.8 Å². The number of hydrogen-bond acceptors (Lipinski definition) is 14. The minimum atomic E-state index is -4.16. The number of nitrogens with one attached hydrogen (secondary N) is 2. The van der Waals surface area contributed by atoms with Crippen molar-refractivity contribution in [2.75, 3.05) is 41.5 Å². The van der Waals surface area contributed by atoms with Gasteiger partial charge in [0, 0.05) is 13.1 Å². The Morgan fingerprint density at radius 2 is 0.881 bits per heavy atom. The van der Waals surface area contributed by atoms with Crippen LogP contribution in [0.15, 0.2) is 8.42 Å². The molecule has 0 unspecified atom stereocenters. The van der Waals surface area contributed by atoms with E-state index in [2.05, 4.69) is 18.9 Å². The number of ether oxygens (including phenoxy) is 4. The molecule has 0 atom stereocenters. The summed E-state index contributed by atoms with van der Waals surface area (Å²) in [5.41, 5.74) is -0.200. The third-order valence-electron chi connectivity index (χ3n) is 5.93. The minimum absolute atomic E-state index is 0.0203. The maximum atomic E-state index is 12.9. The van der Waals surface area contributed by atoms with Crippen molar-refractivity contribution in [3.05, 3.63) is 32.0 Å². The SMILES string of the molecule is COC(=O)c1sc(S(=O)(=O)NCCCCCCNS(=O)(=O)c2sc(C(=O)OC)c(C)c2C(=O)OC)c(C(=O)OC)c1C. The van der Waals surface area contributed by atoms with Crippen LogP contribution in [-0.2, 0) is 39.0 Å². The van der Waals surface area contributed by atoms with Crippen molar-refractivity contribution in [1.29, 1.82) is 0 Å². The second kappa shape index (κ2) is 15.0. The topological polar surface area (TPSA) is 198 Å². The van der Waals surface area contributed by atoms with Crippen LogP contribution in [0.25, 0.3) is 0 Å². The summed E-state index contributed by atoms with van der Waals surface area (Å²) in [5, 5.41) is 0. The molecule has 2 aromatic heterocycles. The van der Waals surface area contributed by atoms with Gasteiger partial charge in [0.1, 0.15) is 9.75 Å². The third kappa shape index (κ3) is 7.93. The highest BCUT2D eigenvalue weighted by Gasteiger charge is 2.33. The number of methoxy groups -OCH3 is 4. The summed E-state index contributed by atoms with van der Waals surface area (Å²) >= 11 is 1.22. The molecule has 0 spiro atoms. The summed E-state index contributed by atoms with van der Waals surface area (Å²) in [6, 6.07) is 0. The molecule has 0 bridgehead atoms. The smallest absolute Gasteiger partial charge is 0.348 e. The van der Waals surface area contributed by atoms with Crippen molar-refractivity contribution in [2.24, 2.45) is 0 Å². The van der Waals surface area contributed by atoms with Gasteiger partial charge in [0.15, 0.2) is 8.42 Å². The minimum Gasteiger partial charge on any atom is -0.465 e. The van der Waals surface area contributed by atoms with Crippen molar-refractivity contribution in [1.82, 2.24) is 9.44 Å². The summed E-state index contributed by atoms with van der Waals surface area (Å²) < 4.78 is 74.5. The Balaban J connectivity index is 1.96. The Labute approximate surface area is 251 Å². The fourth-order valence-electron chi connectivity index (χ4n) is 3.75. The van der Waals surface area contributed by atoms with Gasteiger partial charge in [0.2, 0.25) is 0 Å². The van der Waals surface area contributed by atoms with Crippen LogP contribution >= 0.6 is 22.7 Å². The number of carbonyl (C=O) groups excluding carboxylic acids is 4. The van der Waals surface area contributed by atoms with E-state index in [4.69, 9.17) is 9.47 Å². The van der Waals surface area contributed by atoms with Crippen molar-refractivity contribution < 1.29 is 55.0 Å². The largest absolute Gasteiger partial charge is 0.465 e. The maximum absolute atomic E-state index is 12.9. The molecule has 2 heterocycles. The van der Waals surface area contributed by atoms with Crippen LogP contribution < -0.4 is 9.44 Å². The number of esters is 4. The van der Waals surface area contributed by atoms with Crippen LogP contribution in [0.4, 0.5) is 0 Å². The molecule has 0 aliphatic carbocycles. The Morgan fingerprint density at radius 1 is 0.571 bits per heavy atom. The van der Waals surface area contributed by atoms with Gasteiger partial charge in [-0.3, -0.25) is 0 Å². The van der Waals surface area contributed by atoms with Crippen LogP contribution in [0.2, 0.25) is 0 Å². The fourth-order valence-corrected chi connectivity index (χ4v) is 9.47. The summed E-state index contributed by atoms with van der Waals surface area (Å²) in [7, 11) is -3.85. The zero-order valence-corrected chi connectivity index (χ0v) is 27.0. The summed E-state index contributed by atoms with van der Waals surface area (Å²) in [6.45, 7) is 2.89. The molecule has 18 heteroatoms. The Kier molecular flexibility index (Phi) is 12.6. The standard InChI is InChI=1S/C24H32N2O12S4/c1-13-15(19(27)35-3)23(39-17(13)21(29)37-5)41(31,32)25-11-9-7-8-10-12-26-42(33,34)24-16(20(28)36-4)14(2)18(40-24)22(30)38-6/h25-26H,7-12H2,1-6H3. The second-order valence-corrected chi connectivity index (χ2v) is 14.6. The molecule has 2 N–H and O–H groups in total. The molecule has 2 aromatic rings. The molecule has 0 saturated heterocycles. The number of carbonyl (C=O) groups is 4. The zero-order chi connectivity index (χ0) is 31.8. The molecule has 0 aliphatic heterocycles. The molecule has 0 aromatic carbocycles. The highest BCUT2D eigenvalue weighted by atomic mass is 32.3. The van der Waals surface area contributed by atoms with Crippen LogP contribution in [0.5, 0.6) is 0 Å². The Hall–Kier alpha value is -2.90. The number of hydrogen-bond donors (Lipinski definition) is 2. The van der Waals surface area contributed by atoms with Gasteiger partial charge >= 0.3 is 23.9 Å². The quantitative estimate of drug-likeness (QED) is 0.160. The van der Waals surface area contributed by atoms with Crippen molar-refractivity contribution >= 4 is 66.6 Å². The maximum Gasteiger partial charge on any atom is 0.348 e. The molecule has 0 radical (unpaired) electrons. The third-order valence-corrected chi connectivity index (χ3v) is 12.4. The van der Waals surface area contributed by atoms with E-state index in [0.717, 1.165) is 28.4 Å². The highest BCUT2D eigenvalue weighted by Crippen LogP contribution is 2.34. The van der Waals surface area contributed by atoms with E-state index in [1.54, 1.807) is 0 Å². The van der Waals surface area contributed by atoms with Crippen LogP contribution in [-0.4, -0.2) is 82.2 Å². The molecule has 14 nitrogen and oxygen atoms in total. The summed E-state index contributed by atoms with van der Waals surface area (Å²) in [5.74, 6) is -3.36. The van der Waals surface area contributed by atoms with Crippen LogP contribution in [0.1, 0.15) is 76.9 Å². The lowest BCUT2D eigenvalue weighted by molar-refractivity contribution is 0.0582. The van der Waals surface area contributed by atoms with E-state index in [1.165, 1.54) is 13.8 Å². The normalized spacial score (nSPS) is 11.7. The molecule has 0 aliphatic rings. The fraction of sp³-hybridized carbons (Fsp3) is 0.500. The molecule has 234 valence electrons. The summed E-state index contributed by atoms with van der Waals surface area (Å²) in [4.78, 5) is 48.5. The Morgan fingerprint density at radius 3 is 1.17 bits per heavy atom. The zero-order valence-electron chi connectivity index (χ0n) is 23.8. The van der Waals surface area contributed by atoms with E-state index in [1.807, 2.05) is 0 Å². The highest BCUT2D eigenvalue weighted by molar-refractivity contribution is 7.92. The molecule has 42 heavy (non-hydrogen) atoms. The average molecular weight is 669 g/mol. The van der Waals surface area contributed by atoms with Crippen LogP contribution in [0.3, 0.4) is 0 Å². The molecule has 0 amide bonds. The number of unbranched alkanes of at least 4 members (excludes halogenated alkanes) is 3. The van der Waals surface area contributed by atoms with E-state index < -0.39 is 43.9 Å². The van der Waals surface area contributed by atoms with Gasteiger partial charge in [0.05, 0.1) is 39.6 Å². The van der Waals surface area contributed by atoms with Crippen molar-refractivity contribution in [2.45, 2.75) is 47.9 Å². The molecular weight excluding hydrogens is 637 g/mol. The van der Waals surface area contributed by atoms with Gasteiger partial charge in [0.25, 0.3) is 20.0 Å². The lowest BCUT2D eigenvalue weighted by Crippen LogP contribution is -2.26. The van der Waals surface area contributed by atoms with Crippen molar-refractivity contribution in [3.8, 4) is 0 Å². The first-order valence-electron chi connectivity index (χ1n) is 12.3. The molecular formula is C24H32N2O12S4. The summed E-state index contributed by atoms with van der Waals surface area (Å²) in [6.07, 6.45) is 1.85. The second-order valence-electron chi connectivity index (χ2n) is 8.61. The van der Waals surface area contributed by atoms with Gasteiger partial charge in [-0.05, 0) is 37.8 Å². The van der Waals surface area contributed by atoms with Gasteiger partial charge < -0.3 is 18.9 Å². The monoisotopic (exact) mass is 668 g/mol. The lowest BCUT2D eigenvalue weighted by Gasteiger charge is -2.08. The van der Waals surface area contributed by atoms with E-state index >= 15 is 0 Å². The predicted molar refractivity (Wildman–Crippen MR) is 152 cm³/mol. The van der Waals surface area contributed by atoms with E-state index in [0.29, 0.717) is 48.4 Å². The molecule has 2 rings (SSSR count). The number of rotatable bonds is 15. The lowest BCUT2D eigenvalue weighted by atomic mass is 10.2. The average Bonchev–Trinajstić information content (AvgIpc) is 3.50. The van der Waals surface area contributed by atoms with Crippen molar-refractivity contribution in [3.63, 3.8) is 0 Å². The van der Waals surface area contributed by atoms with E-state index in [-0.39, 0.29) is 53.5 Å². The van der Waals surface area contributed by atoms with Gasteiger partial charge in [-0.25, -0.2) is 45.5 Å².